The highest BCUT2D eigenvalue weighted by molar-refractivity contribution is 7.99. The van der Waals surface area contributed by atoms with Gasteiger partial charge in [0, 0.05) is 32.5 Å². The lowest BCUT2D eigenvalue weighted by molar-refractivity contribution is 0.502. The van der Waals surface area contributed by atoms with Crippen LogP contribution in [0.3, 0.4) is 0 Å². The van der Waals surface area contributed by atoms with Gasteiger partial charge in [-0.1, -0.05) is 74.1 Å². The molecule has 34 heavy (non-hydrogen) atoms. The molecular weight excluding hydrogens is 444 g/mol. The molecule has 6 nitrogen and oxygen atoms in total. The van der Waals surface area contributed by atoms with E-state index in [0.717, 1.165) is 15.6 Å². The second kappa shape index (κ2) is 8.99. The zero-order chi connectivity index (χ0) is 23.8. The lowest BCUT2D eigenvalue weighted by Crippen LogP contribution is -2.38. The first kappa shape index (κ1) is 22.2. The molecule has 0 spiro atoms. The largest absolute Gasteiger partial charge is 0.335 e. The summed E-state index contributed by atoms with van der Waals surface area (Å²) in [6.45, 7) is 5.25. The molecule has 0 unspecified atom stereocenters. The monoisotopic (exact) mass is 470 g/mol. The van der Waals surface area contributed by atoms with Gasteiger partial charge in [-0.2, -0.15) is 0 Å². The Bertz CT molecular complexity index is 1610. The van der Waals surface area contributed by atoms with Gasteiger partial charge in [0.15, 0.2) is 0 Å². The predicted molar refractivity (Wildman–Crippen MR) is 138 cm³/mol. The van der Waals surface area contributed by atoms with E-state index in [2.05, 4.69) is 53.7 Å². The maximum Gasteiger partial charge on any atom is 0.331 e. The minimum Gasteiger partial charge on any atom is -0.335 e. The minimum atomic E-state index is -0.289. The Morgan fingerprint density at radius 2 is 1.74 bits per heavy atom. The summed E-state index contributed by atoms with van der Waals surface area (Å²) < 4.78 is 5.03. The maximum atomic E-state index is 13.4. The van der Waals surface area contributed by atoms with Gasteiger partial charge in [-0.15, -0.1) is 0 Å². The van der Waals surface area contributed by atoms with Crippen LogP contribution in [0.15, 0.2) is 92.7 Å². The van der Waals surface area contributed by atoms with Crippen molar-refractivity contribution < 1.29 is 0 Å². The molecule has 172 valence electrons. The number of fused-ring (bicyclic) bond motifs is 2. The van der Waals surface area contributed by atoms with Crippen molar-refractivity contribution in [3.05, 3.63) is 99.5 Å². The smallest absolute Gasteiger partial charge is 0.331 e. The fraction of sp³-hybridized carbons (Fsp3) is 0.222. The molecule has 3 aromatic heterocycles. The van der Waals surface area contributed by atoms with E-state index >= 15 is 0 Å². The van der Waals surface area contributed by atoms with Gasteiger partial charge in [0.05, 0.1) is 15.9 Å². The van der Waals surface area contributed by atoms with Crippen LogP contribution in [0.25, 0.3) is 21.7 Å². The molecule has 0 saturated heterocycles. The Morgan fingerprint density at radius 3 is 2.50 bits per heavy atom. The van der Waals surface area contributed by atoms with E-state index in [1.807, 2.05) is 36.5 Å². The summed E-state index contributed by atoms with van der Waals surface area (Å²) in [5.41, 5.74) is 1.24. The summed E-state index contributed by atoms with van der Waals surface area (Å²) in [6.07, 6.45) is 3.70. The van der Waals surface area contributed by atoms with E-state index in [9.17, 15) is 9.59 Å². The topological polar surface area (TPSA) is 61.8 Å². The molecule has 7 heteroatoms. The van der Waals surface area contributed by atoms with Crippen molar-refractivity contribution in [1.82, 2.24) is 18.7 Å². The Hall–Kier alpha value is -3.58. The third-order valence-corrected chi connectivity index (χ3v) is 7.03. The third-order valence-electron chi connectivity index (χ3n) is 5.94. The van der Waals surface area contributed by atoms with Crippen LogP contribution in [0, 0.1) is 5.92 Å². The lowest BCUT2D eigenvalue weighted by atomic mass is 10.0. The number of hydrogen-bond donors (Lipinski definition) is 0. The second-order valence-corrected chi connectivity index (χ2v) is 9.89. The van der Waals surface area contributed by atoms with Gasteiger partial charge in [-0.3, -0.25) is 13.9 Å². The number of hydrogen-bond acceptors (Lipinski definition) is 4. The fourth-order valence-electron chi connectivity index (χ4n) is 4.36. The molecular formula is C27H26N4O2S. The van der Waals surface area contributed by atoms with Crippen LogP contribution >= 0.6 is 11.8 Å². The van der Waals surface area contributed by atoms with Crippen LogP contribution in [0.1, 0.15) is 19.4 Å². The van der Waals surface area contributed by atoms with E-state index in [0.29, 0.717) is 24.0 Å². The van der Waals surface area contributed by atoms with Gasteiger partial charge in [-0.05, 0) is 34.4 Å². The SMILES string of the molecule is CC(C)Cn1c(=O)n(C)c(=O)c2c(Sc3ccccn3)n(Cc3cccc4ccccc34)cc21. The molecule has 5 rings (SSSR count). The standard InChI is InChI=1S/C27H26N4O2S/c1-18(2)15-31-22-17-30(16-20-11-8-10-19-9-4-5-12-21(19)20)26(34-23-13-6-7-14-28-23)24(22)25(32)29(3)27(31)33/h4-14,17-18H,15-16H2,1-3H3. The quantitative estimate of drug-likeness (QED) is 0.354. The summed E-state index contributed by atoms with van der Waals surface area (Å²) in [4.78, 5) is 30.9. The van der Waals surface area contributed by atoms with Crippen LogP contribution in [-0.4, -0.2) is 18.7 Å². The van der Waals surface area contributed by atoms with Crippen LogP contribution < -0.4 is 11.2 Å². The number of aromatic nitrogens is 4. The van der Waals surface area contributed by atoms with E-state index < -0.39 is 0 Å². The van der Waals surface area contributed by atoms with Gasteiger partial charge in [-0.25, -0.2) is 9.78 Å². The molecule has 0 saturated carbocycles. The first-order chi connectivity index (χ1) is 16.4. The highest BCUT2D eigenvalue weighted by atomic mass is 32.2. The second-order valence-electron chi connectivity index (χ2n) is 8.88. The Kier molecular flexibility index (Phi) is 5.87. The van der Waals surface area contributed by atoms with Crippen LogP contribution in [0.5, 0.6) is 0 Å². The third kappa shape index (κ3) is 3.96. The molecule has 2 aromatic carbocycles. The number of nitrogens with zero attached hydrogens (tertiary/aromatic N) is 4. The average molecular weight is 471 g/mol. The number of benzene rings is 2. The molecule has 0 radical (unpaired) electrons. The lowest BCUT2D eigenvalue weighted by Gasteiger charge is -2.12. The molecule has 3 heterocycles. The summed E-state index contributed by atoms with van der Waals surface area (Å²) >= 11 is 1.45. The van der Waals surface area contributed by atoms with Gasteiger partial charge in [0.1, 0.15) is 5.03 Å². The number of pyridine rings is 1. The average Bonchev–Trinajstić information content (AvgIpc) is 3.19. The fourth-order valence-corrected chi connectivity index (χ4v) is 5.34. The zero-order valence-corrected chi connectivity index (χ0v) is 20.2. The van der Waals surface area contributed by atoms with Gasteiger partial charge in [0.25, 0.3) is 5.56 Å². The molecule has 0 atom stereocenters. The van der Waals surface area contributed by atoms with Crippen molar-refractivity contribution in [2.45, 2.75) is 37.0 Å². The maximum absolute atomic E-state index is 13.4. The Balaban J connectivity index is 1.77. The molecule has 0 aliphatic heterocycles. The van der Waals surface area contributed by atoms with E-state index in [4.69, 9.17) is 0 Å². The van der Waals surface area contributed by atoms with E-state index in [1.54, 1.807) is 17.8 Å². The summed E-state index contributed by atoms with van der Waals surface area (Å²) in [6, 6.07) is 20.3. The molecule has 0 amide bonds. The normalized spacial score (nSPS) is 11.6. The van der Waals surface area contributed by atoms with Crippen molar-refractivity contribution in [3.63, 3.8) is 0 Å². The van der Waals surface area contributed by atoms with Crippen molar-refractivity contribution >= 4 is 33.4 Å². The molecule has 0 N–H and O–H groups in total. The predicted octanol–water partition coefficient (Wildman–Crippen LogP) is 4.91. The van der Waals surface area contributed by atoms with Crippen molar-refractivity contribution in [2.75, 3.05) is 0 Å². The summed E-state index contributed by atoms with van der Waals surface area (Å²) in [5, 5.41) is 4.48. The first-order valence-corrected chi connectivity index (χ1v) is 12.1. The first-order valence-electron chi connectivity index (χ1n) is 11.3. The number of rotatable bonds is 6. The van der Waals surface area contributed by atoms with Crippen LogP contribution in [0.4, 0.5) is 0 Å². The minimum absolute atomic E-state index is 0.256. The van der Waals surface area contributed by atoms with E-state index in [-0.39, 0.29) is 17.2 Å². The van der Waals surface area contributed by atoms with Crippen LogP contribution in [0.2, 0.25) is 0 Å². The van der Waals surface area contributed by atoms with Crippen molar-refractivity contribution in [1.29, 1.82) is 0 Å². The zero-order valence-electron chi connectivity index (χ0n) is 19.4. The Labute approximate surface area is 201 Å². The highest BCUT2D eigenvalue weighted by Gasteiger charge is 2.21. The molecule has 0 bridgehead atoms. The van der Waals surface area contributed by atoms with Gasteiger partial charge >= 0.3 is 5.69 Å². The van der Waals surface area contributed by atoms with E-state index in [1.165, 1.54) is 27.1 Å². The molecule has 0 fully saturated rings. The summed E-state index contributed by atoms with van der Waals surface area (Å²) in [7, 11) is 1.55. The molecule has 0 aliphatic rings. The highest BCUT2D eigenvalue weighted by Crippen LogP contribution is 2.33. The van der Waals surface area contributed by atoms with Gasteiger partial charge in [0.2, 0.25) is 0 Å². The summed E-state index contributed by atoms with van der Waals surface area (Å²) in [5.74, 6) is 0.256. The van der Waals surface area contributed by atoms with Crippen molar-refractivity contribution in [2.24, 2.45) is 13.0 Å². The van der Waals surface area contributed by atoms with Crippen molar-refractivity contribution in [3.8, 4) is 0 Å². The molecule has 5 aromatic rings. The molecule has 0 aliphatic carbocycles. The van der Waals surface area contributed by atoms with Gasteiger partial charge < -0.3 is 4.57 Å². The Morgan fingerprint density at radius 1 is 0.971 bits per heavy atom. The van der Waals surface area contributed by atoms with Crippen LogP contribution in [-0.2, 0) is 20.1 Å².